The van der Waals surface area contributed by atoms with E-state index in [1.807, 2.05) is 87.5 Å². The molecule has 0 unspecified atom stereocenters. The second kappa shape index (κ2) is 8.41. The van der Waals surface area contributed by atoms with Gasteiger partial charge in [-0.05, 0) is 61.7 Å². The van der Waals surface area contributed by atoms with Gasteiger partial charge in [-0.1, -0.05) is 43.3 Å². The zero-order valence-corrected chi connectivity index (χ0v) is 16.4. The molecule has 28 heavy (non-hydrogen) atoms. The Kier molecular flexibility index (Phi) is 5.76. The number of carbonyl (C=O) groups is 1. The van der Waals surface area contributed by atoms with Crippen LogP contribution in [0.2, 0.25) is 0 Å². The standard InChI is InChI=1S/C24H23N3O/c1-4-19-10-8-9-13-23(19)26-24(28)21(16-25)15-20-14-17(2)27(18(20)3)22-11-6-5-7-12-22/h5-15H,4H2,1-3H3,(H,26,28)/b21-15-. The van der Waals surface area contributed by atoms with E-state index >= 15 is 0 Å². The molecule has 0 aliphatic carbocycles. The lowest BCUT2D eigenvalue weighted by Crippen LogP contribution is -2.14. The minimum Gasteiger partial charge on any atom is -0.321 e. The van der Waals surface area contributed by atoms with Crippen LogP contribution in [-0.2, 0) is 11.2 Å². The SMILES string of the molecule is CCc1ccccc1NC(=O)/C(C#N)=C\c1cc(C)n(-c2ccccc2)c1C. The van der Waals surface area contributed by atoms with Crippen molar-refractivity contribution in [3.63, 3.8) is 0 Å². The van der Waals surface area contributed by atoms with Crippen LogP contribution in [-0.4, -0.2) is 10.5 Å². The average molecular weight is 369 g/mol. The molecule has 140 valence electrons. The number of para-hydroxylation sites is 2. The Morgan fingerprint density at radius 2 is 1.79 bits per heavy atom. The molecule has 0 spiro atoms. The topological polar surface area (TPSA) is 57.8 Å². The number of benzene rings is 2. The Hall–Kier alpha value is -3.58. The smallest absolute Gasteiger partial charge is 0.266 e. The van der Waals surface area contributed by atoms with Gasteiger partial charge in [0.1, 0.15) is 11.6 Å². The number of rotatable bonds is 5. The van der Waals surface area contributed by atoms with Gasteiger partial charge in [0.15, 0.2) is 0 Å². The molecule has 0 saturated heterocycles. The molecular formula is C24H23N3O. The van der Waals surface area contributed by atoms with E-state index in [1.54, 1.807) is 6.08 Å². The molecule has 3 aromatic rings. The molecule has 1 heterocycles. The molecule has 4 nitrogen and oxygen atoms in total. The van der Waals surface area contributed by atoms with Crippen molar-refractivity contribution < 1.29 is 4.79 Å². The number of nitrogens with one attached hydrogen (secondary N) is 1. The van der Waals surface area contributed by atoms with Gasteiger partial charge in [0, 0.05) is 22.8 Å². The second-order valence-corrected chi connectivity index (χ2v) is 6.63. The highest BCUT2D eigenvalue weighted by molar-refractivity contribution is 6.10. The number of amides is 1. The van der Waals surface area contributed by atoms with Gasteiger partial charge in [-0.15, -0.1) is 0 Å². The molecule has 3 rings (SSSR count). The minimum atomic E-state index is -0.395. The predicted molar refractivity (Wildman–Crippen MR) is 113 cm³/mol. The summed E-state index contributed by atoms with van der Waals surface area (Å²) in [5.74, 6) is -0.395. The summed E-state index contributed by atoms with van der Waals surface area (Å²) < 4.78 is 2.12. The van der Waals surface area contributed by atoms with Crippen molar-refractivity contribution in [1.29, 1.82) is 5.26 Å². The zero-order chi connectivity index (χ0) is 20.1. The summed E-state index contributed by atoms with van der Waals surface area (Å²) in [7, 11) is 0. The van der Waals surface area contributed by atoms with Crippen LogP contribution in [0.1, 0.15) is 29.4 Å². The summed E-state index contributed by atoms with van der Waals surface area (Å²) in [5, 5.41) is 12.4. The van der Waals surface area contributed by atoms with Crippen LogP contribution in [0.15, 0.2) is 66.2 Å². The molecule has 0 bridgehead atoms. The van der Waals surface area contributed by atoms with E-state index in [1.165, 1.54) is 0 Å². The first-order valence-electron chi connectivity index (χ1n) is 9.30. The summed E-state index contributed by atoms with van der Waals surface area (Å²) in [5.41, 5.74) is 5.80. The fraction of sp³-hybridized carbons (Fsp3) is 0.167. The number of nitrogens with zero attached hydrogens (tertiary/aromatic N) is 2. The maximum absolute atomic E-state index is 12.7. The highest BCUT2D eigenvalue weighted by atomic mass is 16.1. The van der Waals surface area contributed by atoms with Crippen molar-refractivity contribution in [2.45, 2.75) is 27.2 Å². The highest BCUT2D eigenvalue weighted by Gasteiger charge is 2.14. The summed E-state index contributed by atoms with van der Waals surface area (Å²) in [6, 6.07) is 21.7. The molecule has 4 heteroatoms. The van der Waals surface area contributed by atoms with Crippen LogP contribution < -0.4 is 5.32 Å². The Labute approximate surface area is 165 Å². The molecular weight excluding hydrogens is 346 g/mol. The number of anilines is 1. The highest BCUT2D eigenvalue weighted by Crippen LogP contribution is 2.23. The van der Waals surface area contributed by atoms with Gasteiger partial charge in [0.25, 0.3) is 5.91 Å². The van der Waals surface area contributed by atoms with Crippen LogP contribution in [0.3, 0.4) is 0 Å². The Bertz CT molecular complexity index is 1070. The van der Waals surface area contributed by atoms with E-state index in [2.05, 4.69) is 9.88 Å². The van der Waals surface area contributed by atoms with Crippen molar-refractivity contribution in [1.82, 2.24) is 4.57 Å². The maximum atomic E-state index is 12.7. The fourth-order valence-corrected chi connectivity index (χ4v) is 3.35. The number of nitriles is 1. The largest absolute Gasteiger partial charge is 0.321 e. The maximum Gasteiger partial charge on any atom is 0.266 e. The summed E-state index contributed by atoms with van der Waals surface area (Å²) in [6.45, 7) is 6.04. The Balaban J connectivity index is 1.93. The van der Waals surface area contributed by atoms with E-state index in [0.29, 0.717) is 0 Å². The fourth-order valence-electron chi connectivity index (χ4n) is 3.35. The minimum absolute atomic E-state index is 0.0826. The van der Waals surface area contributed by atoms with Crippen molar-refractivity contribution in [3.8, 4) is 11.8 Å². The summed E-state index contributed by atoms with van der Waals surface area (Å²) in [6.07, 6.45) is 2.46. The molecule has 0 fully saturated rings. The van der Waals surface area contributed by atoms with Crippen molar-refractivity contribution in [2.24, 2.45) is 0 Å². The van der Waals surface area contributed by atoms with Crippen molar-refractivity contribution in [3.05, 3.63) is 88.8 Å². The molecule has 0 aliphatic rings. The van der Waals surface area contributed by atoms with Gasteiger partial charge >= 0.3 is 0 Å². The normalized spacial score (nSPS) is 11.1. The van der Waals surface area contributed by atoms with Gasteiger partial charge < -0.3 is 9.88 Å². The van der Waals surface area contributed by atoms with E-state index in [4.69, 9.17) is 0 Å². The van der Waals surface area contributed by atoms with Gasteiger partial charge in [-0.25, -0.2) is 0 Å². The molecule has 1 amide bonds. The number of hydrogen-bond acceptors (Lipinski definition) is 2. The lowest BCUT2D eigenvalue weighted by Gasteiger charge is -2.10. The lowest BCUT2D eigenvalue weighted by atomic mass is 10.1. The quantitative estimate of drug-likeness (QED) is 0.496. The molecule has 0 aliphatic heterocycles. The second-order valence-electron chi connectivity index (χ2n) is 6.63. The van der Waals surface area contributed by atoms with E-state index in [-0.39, 0.29) is 5.57 Å². The van der Waals surface area contributed by atoms with Gasteiger partial charge in [0.05, 0.1) is 0 Å². The first-order chi connectivity index (χ1) is 13.5. The third-order valence-electron chi connectivity index (χ3n) is 4.80. The molecule has 0 saturated carbocycles. The average Bonchev–Trinajstić information content (AvgIpc) is 3.00. The van der Waals surface area contributed by atoms with Crippen molar-refractivity contribution >= 4 is 17.7 Å². The number of aryl methyl sites for hydroxylation is 2. The van der Waals surface area contributed by atoms with Crippen LogP contribution in [0.4, 0.5) is 5.69 Å². The number of carbonyl (C=O) groups excluding carboxylic acids is 1. The van der Waals surface area contributed by atoms with Crippen LogP contribution in [0, 0.1) is 25.2 Å². The van der Waals surface area contributed by atoms with Crippen LogP contribution in [0.25, 0.3) is 11.8 Å². The third-order valence-corrected chi connectivity index (χ3v) is 4.80. The van der Waals surface area contributed by atoms with Gasteiger partial charge in [-0.3, -0.25) is 4.79 Å². The molecule has 1 N–H and O–H groups in total. The molecule has 1 aromatic heterocycles. The lowest BCUT2D eigenvalue weighted by molar-refractivity contribution is -0.112. The van der Waals surface area contributed by atoms with E-state index < -0.39 is 5.91 Å². The third kappa shape index (κ3) is 3.89. The number of aromatic nitrogens is 1. The first-order valence-corrected chi connectivity index (χ1v) is 9.30. The van der Waals surface area contributed by atoms with Gasteiger partial charge in [0.2, 0.25) is 0 Å². The monoisotopic (exact) mass is 369 g/mol. The first kappa shape index (κ1) is 19.2. The van der Waals surface area contributed by atoms with Crippen LogP contribution >= 0.6 is 0 Å². The summed E-state index contributed by atoms with van der Waals surface area (Å²) >= 11 is 0. The Morgan fingerprint density at radius 3 is 2.46 bits per heavy atom. The van der Waals surface area contributed by atoms with E-state index in [0.717, 1.165) is 40.3 Å². The van der Waals surface area contributed by atoms with E-state index in [9.17, 15) is 10.1 Å². The predicted octanol–water partition coefficient (Wildman–Crippen LogP) is 5.20. The molecule has 2 aromatic carbocycles. The van der Waals surface area contributed by atoms with Gasteiger partial charge in [-0.2, -0.15) is 5.26 Å². The van der Waals surface area contributed by atoms with Crippen LogP contribution in [0.5, 0.6) is 0 Å². The summed E-state index contributed by atoms with van der Waals surface area (Å²) in [4.78, 5) is 12.7. The zero-order valence-electron chi connectivity index (χ0n) is 16.4. The molecule has 0 radical (unpaired) electrons. The van der Waals surface area contributed by atoms with Crippen molar-refractivity contribution in [2.75, 3.05) is 5.32 Å². The Morgan fingerprint density at radius 1 is 1.11 bits per heavy atom. The number of hydrogen-bond donors (Lipinski definition) is 1. The molecule has 0 atom stereocenters.